The Balaban J connectivity index is 1.65. The van der Waals surface area contributed by atoms with Crippen LogP contribution in [0, 0.1) is 5.92 Å². The van der Waals surface area contributed by atoms with Crippen LogP contribution in [0.2, 0.25) is 0 Å². The van der Waals surface area contributed by atoms with Gasteiger partial charge in [-0.15, -0.1) is 0 Å². The smallest absolute Gasteiger partial charge is 0.236 e. The van der Waals surface area contributed by atoms with Gasteiger partial charge >= 0.3 is 0 Å². The van der Waals surface area contributed by atoms with Crippen molar-refractivity contribution in [1.29, 1.82) is 0 Å². The molecule has 0 spiro atoms. The van der Waals surface area contributed by atoms with Crippen molar-refractivity contribution >= 4 is 22.0 Å². The Morgan fingerprint density at radius 3 is 2.56 bits per heavy atom. The van der Waals surface area contributed by atoms with E-state index in [2.05, 4.69) is 0 Å². The summed E-state index contributed by atoms with van der Waals surface area (Å²) in [7, 11) is -3.52. The molecule has 1 aromatic rings. The molecule has 1 unspecified atom stereocenters. The molecular weight excluding hydrogens is 340 g/mol. The van der Waals surface area contributed by atoms with Crippen LogP contribution in [0.25, 0.3) is 6.08 Å². The Bertz CT molecular complexity index is 712. The van der Waals surface area contributed by atoms with E-state index < -0.39 is 10.0 Å². The molecule has 7 heteroatoms. The van der Waals surface area contributed by atoms with E-state index in [-0.39, 0.29) is 18.4 Å². The summed E-state index contributed by atoms with van der Waals surface area (Å²) < 4.78 is 31.9. The van der Waals surface area contributed by atoms with Gasteiger partial charge in [-0.05, 0) is 24.5 Å². The van der Waals surface area contributed by atoms with E-state index >= 15 is 0 Å². The summed E-state index contributed by atoms with van der Waals surface area (Å²) in [5.41, 5.74) is 0.837. The molecule has 2 heterocycles. The van der Waals surface area contributed by atoms with Gasteiger partial charge < -0.3 is 9.64 Å². The Kier molecular flexibility index (Phi) is 5.88. The molecule has 0 radical (unpaired) electrons. The van der Waals surface area contributed by atoms with E-state index in [0.29, 0.717) is 39.3 Å². The second kappa shape index (κ2) is 8.12. The highest BCUT2D eigenvalue weighted by Crippen LogP contribution is 2.22. The number of hydrogen-bond acceptors (Lipinski definition) is 4. The van der Waals surface area contributed by atoms with E-state index in [4.69, 9.17) is 4.74 Å². The first-order chi connectivity index (χ1) is 12.1. The van der Waals surface area contributed by atoms with Gasteiger partial charge in [0.1, 0.15) is 0 Å². The Morgan fingerprint density at radius 2 is 1.84 bits per heavy atom. The number of ether oxygens (including phenoxy) is 1. The molecule has 136 valence electrons. The van der Waals surface area contributed by atoms with Crippen molar-refractivity contribution in [1.82, 2.24) is 9.21 Å². The van der Waals surface area contributed by atoms with Crippen molar-refractivity contribution in [3.63, 3.8) is 0 Å². The third kappa shape index (κ3) is 4.68. The van der Waals surface area contributed by atoms with Crippen LogP contribution in [-0.4, -0.2) is 62.9 Å². The predicted molar refractivity (Wildman–Crippen MR) is 96.1 cm³/mol. The van der Waals surface area contributed by atoms with Crippen molar-refractivity contribution in [2.75, 3.05) is 39.4 Å². The molecule has 1 atom stereocenters. The third-order valence-corrected chi connectivity index (χ3v) is 6.18. The van der Waals surface area contributed by atoms with Gasteiger partial charge in [0.15, 0.2) is 0 Å². The van der Waals surface area contributed by atoms with Crippen LogP contribution in [-0.2, 0) is 19.6 Å². The zero-order valence-electron chi connectivity index (χ0n) is 14.2. The number of morpholine rings is 1. The summed E-state index contributed by atoms with van der Waals surface area (Å²) in [4.78, 5) is 14.4. The van der Waals surface area contributed by atoms with Crippen molar-refractivity contribution in [3.05, 3.63) is 41.3 Å². The number of carbonyl (C=O) groups is 1. The van der Waals surface area contributed by atoms with Crippen LogP contribution in [0.1, 0.15) is 18.4 Å². The van der Waals surface area contributed by atoms with Crippen LogP contribution >= 0.6 is 0 Å². The van der Waals surface area contributed by atoms with Gasteiger partial charge in [0.05, 0.1) is 19.1 Å². The highest BCUT2D eigenvalue weighted by atomic mass is 32.2. The minimum Gasteiger partial charge on any atom is -0.378 e. The van der Waals surface area contributed by atoms with Crippen LogP contribution in [0.5, 0.6) is 0 Å². The first-order valence-electron chi connectivity index (χ1n) is 8.66. The molecule has 25 heavy (non-hydrogen) atoms. The predicted octanol–water partition coefficient (Wildman–Crippen LogP) is 1.56. The average Bonchev–Trinajstić information content (AvgIpc) is 2.67. The third-order valence-electron chi connectivity index (χ3n) is 4.65. The monoisotopic (exact) mass is 364 g/mol. The average molecular weight is 364 g/mol. The molecule has 6 nitrogen and oxygen atoms in total. The van der Waals surface area contributed by atoms with E-state index in [9.17, 15) is 13.2 Å². The zero-order valence-corrected chi connectivity index (χ0v) is 15.0. The molecule has 0 N–H and O–H groups in total. The van der Waals surface area contributed by atoms with Crippen molar-refractivity contribution in [2.24, 2.45) is 5.92 Å². The summed E-state index contributed by atoms with van der Waals surface area (Å²) >= 11 is 0. The standard InChI is InChI=1S/C18H24N2O4S/c21-18(19-10-12-24-13-11-19)17-7-4-9-20(15-17)25(22,23)14-8-16-5-2-1-3-6-16/h1-3,5-6,8,14,17H,4,7,9-13,15H2/b14-8+. The molecule has 0 aromatic heterocycles. The molecule has 0 bridgehead atoms. The largest absolute Gasteiger partial charge is 0.378 e. The number of amides is 1. The fourth-order valence-electron chi connectivity index (χ4n) is 3.23. The molecular formula is C18H24N2O4S. The number of piperidine rings is 1. The maximum absolute atomic E-state index is 12.6. The number of sulfonamides is 1. The molecule has 1 amide bonds. The first-order valence-corrected chi connectivity index (χ1v) is 10.2. The van der Waals surface area contributed by atoms with E-state index in [1.54, 1.807) is 11.0 Å². The molecule has 0 saturated carbocycles. The van der Waals surface area contributed by atoms with Crippen molar-refractivity contribution < 1.29 is 17.9 Å². The first kappa shape index (κ1) is 18.1. The lowest BCUT2D eigenvalue weighted by Crippen LogP contribution is -2.49. The van der Waals surface area contributed by atoms with E-state index in [1.165, 1.54) is 9.71 Å². The van der Waals surface area contributed by atoms with Crippen LogP contribution in [0.15, 0.2) is 35.7 Å². The van der Waals surface area contributed by atoms with Crippen LogP contribution in [0.3, 0.4) is 0 Å². The van der Waals surface area contributed by atoms with E-state index in [0.717, 1.165) is 12.0 Å². The Morgan fingerprint density at radius 1 is 1.12 bits per heavy atom. The Hall–Kier alpha value is -1.70. The summed E-state index contributed by atoms with van der Waals surface area (Å²) in [5.74, 6) is -0.206. The highest BCUT2D eigenvalue weighted by Gasteiger charge is 2.33. The molecule has 2 fully saturated rings. The number of hydrogen-bond donors (Lipinski definition) is 0. The van der Waals surface area contributed by atoms with Gasteiger partial charge in [0.2, 0.25) is 15.9 Å². The van der Waals surface area contributed by atoms with Gasteiger partial charge in [0.25, 0.3) is 0 Å². The normalized spacial score (nSPS) is 23.0. The second-order valence-corrected chi connectivity index (χ2v) is 8.21. The fraction of sp³-hybridized carbons (Fsp3) is 0.500. The molecule has 2 aliphatic heterocycles. The number of nitrogens with zero attached hydrogens (tertiary/aromatic N) is 2. The lowest BCUT2D eigenvalue weighted by Gasteiger charge is -2.35. The molecule has 2 aliphatic rings. The number of benzene rings is 1. The number of rotatable bonds is 4. The maximum atomic E-state index is 12.6. The van der Waals surface area contributed by atoms with Gasteiger partial charge in [-0.1, -0.05) is 30.3 Å². The highest BCUT2D eigenvalue weighted by molar-refractivity contribution is 7.92. The lowest BCUT2D eigenvalue weighted by atomic mass is 9.98. The van der Waals surface area contributed by atoms with Gasteiger partial charge in [-0.3, -0.25) is 4.79 Å². The van der Waals surface area contributed by atoms with Crippen LogP contribution in [0.4, 0.5) is 0 Å². The van der Waals surface area contributed by atoms with E-state index in [1.807, 2.05) is 30.3 Å². The summed E-state index contributed by atoms with van der Waals surface area (Å²) in [5, 5.41) is 1.24. The zero-order chi connectivity index (χ0) is 17.7. The van der Waals surface area contributed by atoms with Crippen LogP contribution < -0.4 is 0 Å². The number of carbonyl (C=O) groups excluding carboxylic acids is 1. The molecule has 3 rings (SSSR count). The molecule has 1 aromatic carbocycles. The molecule has 0 aliphatic carbocycles. The van der Waals surface area contributed by atoms with Crippen molar-refractivity contribution in [2.45, 2.75) is 12.8 Å². The SMILES string of the molecule is O=C(C1CCCN(S(=O)(=O)/C=C/c2ccccc2)C1)N1CCOCC1. The fourth-order valence-corrected chi connectivity index (χ4v) is 4.50. The minimum absolute atomic E-state index is 0.0511. The van der Waals surface area contributed by atoms with Crippen molar-refractivity contribution in [3.8, 4) is 0 Å². The maximum Gasteiger partial charge on any atom is 0.236 e. The summed E-state index contributed by atoms with van der Waals surface area (Å²) in [6, 6.07) is 9.33. The van der Waals surface area contributed by atoms with Gasteiger partial charge in [0, 0.05) is 31.6 Å². The molecule has 2 saturated heterocycles. The van der Waals surface area contributed by atoms with Gasteiger partial charge in [-0.25, -0.2) is 8.42 Å². The summed E-state index contributed by atoms with van der Waals surface area (Å²) in [6.07, 6.45) is 3.05. The van der Waals surface area contributed by atoms with Gasteiger partial charge in [-0.2, -0.15) is 4.31 Å². The summed E-state index contributed by atoms with van der Waals surface area (Å²) in [6.45, 7) is 3.03. The quantitative estimate of drug-likeness (QED) is 0.813. The Labute approximate surface area is 149 Å². The minimum atomic E-state index is -3.52. The lowest BCUT2D eigenvalue weighted by molar-refractivity contribution is -0.140. The second-order valence-electron chi connectivity index (χ2n) is 6.39. The topological polar surface area (TPSA) is 66.9 Å².